The zero-order chi connectivity index (χ0) is 30.5. The molecular weight excluding hydrogens is 559 g/mol. The summed E-state index contributed by atoms with van der Waals surface area (Å²) in [7, 11) is 0. The van der Waals surface area contributed by atoms with Gasteiger partial charge in [0.15, 0.2) is 22.7 Å². The number of ketones is 2. The summed E-state index contributed by atoms with van der Waals surface area (Å²) < 4.78 is 44.0. The average molecular weight is 593 g/mol. The van der Waals surface area contributed by atoms with Crippen LogP contribution in [0, 0.1) is 11.8 Å². The van der Waals surface area contributed by atoms with Crippen LogP contribution >= 0.6 is 0 Å². The highest BCUT2D eigenvalue weighted by Gasteiger charge is 2.66. The number of fused-ring (bicyclic) bond motifs is 3. The minimum Gasteiger partial charge on any atom is -0.508 e. The van der Waals surface area contributed by atoms with Gasteiger partial charge in [-0.05, 0) is 74.7 Å². The van der Waals surface area contributed by atoms with Crippen LogP contribution in [0.3, 0.4) is 0 Å². The molecule has 8 N–H and O–H groups in total. The maximum atomic E-state index is 14.7. The lowest BCUT2D eigenvalue weighted by molar-refractivity contribution is -0.299. The minimum absolute atomic E-state index is 0.0719. The highest BCUT2D eigenvalue weighted by Crippen LogP contribution is 2.55. The fourth-order valence-corrected chi connectivity index (χ4v) is 7.81. The zero-order valence-corrected chi connectivity index (χ0v) is 22.9. The van der Waals surface area contributed by atoms with Gasteiger partial charge in [-0.1, -0.05) is 6.92 Å². The highest BCUT2D eigenvalue weighted by molar-refractivity contribution is 6.22. The Balaban J connectivity index is 1.57. The standard InChI is InChI=1S/C29H32F3N3O7/c1-2-35(12-5-6-12)22-15-9-11-8-14-19(17(36)10-13(16-4-3-7-34-16)21(14)29(30,31)32)23(37)18(11)25(39)28(15,42)26(40)20(24(22)38)27(33)41/h10-12,15-16,22,34,36-37,40,42H,2-9H2,1H3,(H2,33,41)/p+1/t11-,15-,16?,22-,28-/m0/s1. The number of aromatic hydroxyl groups is 1. The fraction of sp³-hybridized carbons (Fsp3) is 0.552. The molecule has 0 radical (unpaired) electrons. The Bertz CT molecular complexity index is 1480. The van der Waals surface area contributed by atoms with Crippen LogP contribution < -0.4 is 11.1 Å². The third-order valence-electron chi connectivity index (χ3n) is 9.69. The summed E-state index contributed by atoms with van der Waals surface area (Å²) >= 11 is 0. The van der Waals surface area contributed by atoms with E-state index >= 15 is 0 Å². The van der Waals surface area contributed by atoms with Crippen molar-refractivity contribution in [3.8, 4) is 5.75 Å². The van der Waals surface area contributed by atoms with E-state index in [2.05, 4.69) is 11.1 Å². The first-order valence-electron chi connectivity index (χ1n) is 14.2. The van der Waals surface area contributed by atoms with Crippen LogP contribution in [0.5, 0.6) is 5.75 Å². The molecule has 10 nitrogen and oxygen atoms in total. The molecule has 1 unspecified atom stereocenters. The van der Waals surface area contributed by atoms with E-state index in [1.54, 1.807) is 11.8 Å². The highest BCUT2D eigenvalue weighted by atomic mass is 19.4. The number of Topliss-reactive ketones (excluding diaryl/α,β-unsaturated/α-hetero) is 2. The number of aliphatic hydroxyl groups excluding tert-OH is 2. The quantitative estimate of drug-likeness (QED) is 0.278. The summed E-state index contributed by atoms with van der Waals surface area (Å²) in [6, 6.07) is -1.01. The van der Waals surface area contributed by atoms with Crippen molar-refractivity contribution in [3.05, 3.63) is 45.2 Å². The molecule has 1 aromatic rings. The van der Waals surface area contributed by atoms with Crippen molar-refractivity contribution >= 4 is 23.2 Å². The summed E-state index contributed by atoms with van der Waals surface area (Å²) in [4.78, 5) is 41.9. The summed E-state index contributed by atoms with van der Waals surface area (Å²) in [6.07, 6.45) is -2.98. The number of amides is 1. The lowest BCUT2D eigenvalue weighted by atomic mass is 9.57. The molecule has 226 valence electrons. The van der Waals surface area contributed by atoms with Gasteiger partial charge in [0.1, 0.15) is 11.5 Å². The third kappa shape index (κ3) is 3.97. The number of nitrogens with one attached hydrogen (secondary N) is 1. The van der Waals surface area contributed by atoms with Crippen molar-refractivity contribution in [2.45, 2.75) is 75.4 Å². The fourth-order valence-electron chi connectivity index (χ4n) is 7.81. The molecule has 4 aliphatic carbocycles. The SMILES string of the molecule is CCN(C1CC1)[C@@H]1C(=O)C(C([NH3+])=O)=C(O)[C@@]2(O)C(=O)C3=C(O)c4c(O)cc(C5CCCN5)c(C(F)(F)F)c4C[C@H]3C[C@@H]12. The van der Waals surface area contributed by atoms with E-state index in [1.807, 2.05) is 0 Å². The minimum atomic E-state index is -4.85. The van der Waals surface area contributed by atoms with Gasteiger partial charge in [0.2, 0.25) is 5.78 Å². The maximum Gasteiger partial charge on any atom is 0.417 e. The van der Waals surface area contributed by atoms with E-state index in [0.717, 1.165) is 18.9 Å². The number of rotatable bonds is 5. The molecule has 3 fully saturated rings. The molecule has 5 aliphatic rings. The zero-order valence-electron chi connectivity index (χ0n) is 22.9. The van der Waals surface area contributed by atoms with Crippen LogP contribution in [0.2, 0.25) is 0 Å². The Labute approximate surface area is 238 Å². The number of alkyl halides is 3. The predicted molar refractivity (Wildman–Crippen MR) is 140 cm³/mol. The van der Waals surface area contributed by atoms with Gasteiger partial charge in [-0.15, -0.1) is 0 Å². The van der Waals surface area contributed by atoms with E-state index in [0.29, 0.717) is 25.9 Å². The van der Waals surface area contributed by atoms with Gasteiger partial charge in [0.25, 0.3) is 0 Å². The molecule has 1 aromatic carbocycles. The van der Waals surface area contributed by atoms with Crippen molar-refractivity contribution in [3.63, 3.8) is 0 Å². The second kappa shape index (κ2) is 9.63. The van der Waals surface area contributed by atoms with Gasteiger partial charge >= 0.3 is 12.1 Å². The van der Waals surface area contributed by atoms with Gasteiger partial charge in [0.05, 0.1) is 17.2 Å². The van der Waals surface area contributed by atoms with Gasteiger partial charge in [0, 0.05) is 23.6 Å². The normalized spacial score (nSPS) is 31.4. The number of hydrogen-bond donors (Lipinski definition) is 6. The van der Waals surface area contributed by atoms with Crippen molar-refractivity contribution < 1.29 is 53.7 Å². The number of likely N-dealkylation sites (N-methyl/N-ethyl adjacent to an activating group) is 1. The van der Waals surface area contributed by atoms with Crippen LogP contribution in [0.4, 0.5) is 13.2 Å². The van der Waals surface area contributed by atoms with Crippen LogP contribution in [0.15, 0.2) is 23.0 Å². The first-order valence-corrected chi connectivity index (χ1v) is 14.2. The van der Waals surface area contributed by atoms with Crippen molar-refractivity contribution in [1.29, 1.82) is 0 Å². The Hall–Kier alpha value is -3.26. The first-order chi connectivity index (χ1) is 19.7. The number of hydrogen-bond acceptors (Lipinski definition) is 9. The molecule has 0 spiro atoms. The van der Waals surface area contributed by atoms with Gasteiger partial charge < -0.3 is 25.7 Å². The molecule has 42 heavy (non-hydrogen) atoms. The number of nitrogens with zero attached hydrogens (tertiary/aromatic N) is 1. The molecule has 0 bridgehead atoms. The van der Waals surface area contributed by atoms with Gasteiger partial charge in [-0.3, -0.25) is 20.2 Å². The van der Waals surface area contributed by atoms with Crippen molar-refractivity contribution in [2.24, 2.45) is 11.8 Å². The van der Waals surface area contributed by atoms with Crippen molar-refractivity contribution in [1.82, 2.24) is 10.2 Å². The molecular formula is C29H33F3N3O7+. The number of phenols is 1. The van der Waals surface area contributed by atoms with Crippen LogP contribution in [0.25, 0.3) is 5.76 Å². The lowest BCUT2D eigenvalue weighted by Gasteiger charge is -2.51. The summed E-state index contributed by atoms with van der Waals surface area (Å²) in [6.45, 7) is 2.59. The molecule has 13 heteroatoms. The smallest absolute Gasteiger partial charge is 0.417 e. The Morgan fingerprint density at radius 1 is 1.19 bits per heavy atom. The maximum absolute atomic E-state index is 14.7. The topological polar surface area (TPSA) is 175 Å². The van der Waals surface area contributed by atoms with Crippen LogP contribution in [0.1, 0.15) is 67.3 Å². The summed E-state index contributed by atoms with van der Waals surface area (Å²) in [5.74, 6) is -8.25. The number of phenolic OH excluding ortho intramolecular Hbond substituents is 1. The lowest BCUT2D eigenvalue weighted by Crippen LogP contribution is -2.69. The molecule has 1 saturated heterocycles. The molecule has 5 atom stereocenters. The first kappa shape index (κ1) is 28.8. The molecule has 1 aliphatic heterocycles. The monoisotopic (exact) mass is 592 g/mol. The number of benzene rings is 1. The molecule has 1 heterocycles. The summed E-state index contributed by atoms with van der Waals surface area (Å²) in [5, 5.41) is 48.3. The number of aliphatic hydroxyl groups is 3. The van der Waals surface area contributed by atoms with E-state index in [1.165, 1.54) is 0 Å². The third-order valence-corrected chi connectivity index (χ3v) is 9.69. The van der Waals surface area contributed by atoms with Crippen LogP contribution in [-0.2, 0) is 27.0 Å². The van der Waals surface area contributed by atoms with Gasteiger partial charge in [-0.25, -0.2) is 4.79 Å². The molecule has 1 amide bonds. The second-order valence-electron chi connectivity index (χ2n) is 12.0. The van der Waals surface area contributed by atoms with Crippen molar-refractivity contribution in [2.75, 3.05) is 13.1 Å². The molecule has 6 rings (SSSR count). The number of halogens is 3. The number of carbonyl (C=O) groups is 3. The van der Waals surface area contributed by atoms with E-state index in [9.17, 15) is 48.0 Å². The largest absolute Gasteiger partial charge is 0.508 e. The molecule has 2 saturated carbocycles. The Morgan fingerprint density at radius 2 is 1.88 bits per heavy atom. The van der Waals surface area contributed by atoms with E-state index < -0.39 is 99.1 Å². The second-order valence-corrected chi connectivity index (χ2v) is 12.0. The number of carbonyl (C=O) groups excluding carboxylic acids is 3. The molecule has 0 aromatic heterocycles. The van der Waals surface area contributed by atoms with E-state index in [-0.39, 0.29) is 23.6 Å². The summed E-state index contributed by atoms with van der Waals surface area (Å²) in [5.41, 5.74) is -2.92. The van der Waals surface area contributed by atoms with Gasteiger partial charge in [-0.2, -0.15) is 13.2 Å². The number of quaternary nitrogens is 1. The predicted octanol–water partition coefficient (Wildman–Crippen LogP) is 1.61. The Morgan fingerprint density at radius 3 is 2.43 bits per heavy atom. The van der Waals surface area contributed by atoms with E-state index in [4.69, 9.17) is 0 Å². The van der Waals surface area contributed by atoms with Crippen LogP contribution in [-0.4, -0.2) is 73.6 Å². The average Bonchev–Trinajstić information content (AvgIpc) is 3.58. The Kier molecular flexibility index (Phi) is 6.61.